The van der Waals surface area contributed by atoms with Gasteiger partial charge in [-0.1, -0.05) is 36.4 Å². The number of thiazole rings is 1. The number of anilines is 1. The molecule has 1 atom stereocenters. The number of hydrogen-bond donors (Lipinski definition) is 1. The summed E-state index contributed by atoms with van der Waals surface area (Å²) in [5.74, 6) is 1.15. The van der Waals surface area contributed by atoms with E-state index in [0.717, 1.165) is 32.7 Å². The van der Waals surface area contributed by atoms with Crippen molar-refractivity contribution in [3.8, 4) is 22.7 Å². The monoisotopic (exact) mass is 506 g/mol. The Morgan fingerprint density at radius 1 is 0.973 bits per heavy atom. The largest absolute Gasteiger partial charge is 0.481 e. The molecule has 0 spiro atoms. The van der Waals surface area contributed by atoms with Crippen molar-refractivity contribution in [2.24, 2.45) is 0 Å². The molecule has 0 saturated carbocycles. The number of nitrogens with zero attached hydrogens (tertiary/aromatic N) is 5. The lowest BCUT2D eigenvalue weighted by Crippen LogP contribution is -2.26. The zero-order chi connectivity index (χ0) is 25.4. The highest BCUT2D eigenvalue weighted by Gasteiger charge is 2.20. The lowest BCUT2D eigenvalue weighted by molar-refractivity contribution is 0.398. The number of methoxy groups -OCH3 is 1. The molecular weight excluding hydrogens is 484 g/mol. The van der Waals surface area contributed by atoms with Crippen molar-refractivity contribution >= 4 is 38.3 Å². The molecule has 0 aliphatic rings. The molecule has 9 heteroatoms. The van der Waals surface area contributed by atoms with E-state index < -0.39 is 0 Å². The Hall–Kier alpha value is -4.63. The van der Waals surface area contributed by atoms with Crippen LogP contribution in [0, 0.1) is 0 Å². The molecule has 8 nitrogen and oxygen atoms in total. The Bertz CT molecular complexity index is 1780. The highest BCUT2D eigenvalue weighted by molar-refractivity contribution is 7.16. The molecule has 0 unspecified atom stereocenters. The number of aromatic nitrogens is 5. The molecule has 1 N–H and O–H groups in total. The first kappa shape index (κ1) is 22.8. The van der Waals surface area contributed by atoms with Crippen LogP contribution in [0.25, 0.3) is 37.9 Å². The molecule has 0 aliphatic heterocycles. The zero-order valence-corrected chi connectivity index (χ0v) is 20.9. The Labute approximate surface area is 216 Å². The number of nitrogens with one attached hydrogen (secondary N) is 1. The van der Waals surface area contributed by atoms with E-state index in [4.69, 9.17) is 4.74 Å². The second-order valence-corrected chi connectivity index (χ2v) is 9.33. The summed E-state index contributed by atoms with van der Waals surface area (Å²) in [5.41, 5.74) is 5.59. The maximum atomic E-state index is 14.2. The van der Waals surface area contributed by atoms with Crippen LogP contribution in [0.5, 0.6) is 5.88 Å². The van der Waals surface area contributed by atoms with Gasteiger partial charge in [-0.3, -0.25) is 9.36 Å². The van der Waals surface area contributed by atoms with Crippen molar-refractivity contribution in [1.29, 1.82) is 0 Å². The third-order valence-electron chi connectivity index (χ3n) is 6.28. The van der Waals surface area contributed by atoms with E-state index in [0.29, 0.717) is 22.6 Å². The highest BCUT2D eigenvalue weighted by atomic mass is 32.1. The molecule has 37 heavy (non-hydrogen) atoms. The summed E-state index contributed by atoms with van der Waals surface area (Å²) in [4.78, 5) is 32.5. The van der Waals surface area contributed by atoms with Crippen molar-refractivity contribution < 1.29 is 4.74 Å². The Kier molecular flexibility index (Phi) is 5.82. The first-order valence-corrected chi connectivity index (χ1v) is 12.6. The number of ether oxygens (including phenoxy) is 1. The molecule has 2 aromatic carbocycles. The van der Waals surface area contributed by atoms with Gasteiger partial charge in [0.1, 0.15) is 16.7 Å². The molecule has 0 amide bonds. The minimum Gasteiger partial charge on any atom is -0.481 e. The molecule has 0 fully saturated rings. The third kappa shape index (κ3) is 4.09. The second-order valence-electron chi connectivity index (χ2n) is 8.50. The number of benzene rings is 2. The topological polar surface area (TPSA) is 94.8 Å². The normalized spacial score (nSPS) is 12.1. The molecule has 0 bridgehead atoms. The summed E-state index contributed by atoms with van der Waals surface area (Å²) in [6, 6.07) is 21.0. The Balaban J connectivity index is 1.55. The fourth-order valence-electron chi connectivity index (χ4n) is 4.52. The van der Waals surface area contributed by atoms with Crippen molar-refractivity contribution in [2.75, 3.05) is 12.4 Å². The summed E-state index contributed by atoms with van der Waals surface area (Å²) >= 11 is 1.46. The average Bonchev–Trinajstić information content (AvgIpc) is 3.43. The number of para-hydroxylation sites is 1. The number of fused-ring (bicyclic) bond motifs is 2. The van der Waals surface area contributed by atoms with Gasteiger partial charge >= 0.3 is 0 Å². The van der Waals surface area contributed by atoms with Crippen molar-refractivity contribution in [3.05, 3.63) is 101 Å². The number of rotatable bonds is 6. The number of hydrogen-bond acceptors (Lipinski definition) is 8. The van der Waals surface area contributed by atoms with Gasteiger partial charge in [0.05, 0.1) is 24.0 Å². The van der Waals surface area contributed by atoms with Crippen LogP contribution < -0.4 is 15.6 Å². The van der Waals surface area contributed by atoms with E-state index in [1.165, 1.54) is 17.7 Å². The van der Waals surface area contributed by atoms with Crippen LogP contribution >= 0.6 is 11.3 Å². The minimum atomic E-state index is -0.261. The average molecular weight is 507 g/mol. The van der Waals surface area contributed by atoms with Crippen LogP contribution in [-0.2, 0) is 0 Å². The van der Waals surface area contributed by atoms with Crippen LogP contribution in [0.3, 0.4) is 0 Å². The first-order valence-electron chi connectivity index (χ1n) is 11.7. The quantitative estimate of drug-likeness (QED) is 0.313. The fourth-order valence-corrected chi connectivity index (χ4v) is 5.15. The number of pyridine rings is 2. The maximum Gasteiger partial charge on any atom is 0.263 e. The van der Waals surface area contributed by atoms with Gasteiger partial charge in [0.15, 0.2) is 5.82 Å². The summed E-state index contributed by atoms with van der Waals surface area (Å²) in [6.07, 6.45) is 3.25. The Morgan fingerprint density at radius 3 is 2.62 bits per heavy atom. The van der Waals surface area contributed by atoms with Gasteiger partial charge in [-0.15, -0.1) is 11.3 Å². The van der Waals surface area contributed by atoms with Gasteiger partial charge in [0.25, 0.3) is 5.56 Å². The summed E-state index contributed by atoms with van der Waals surface area (Å²) in [6.45, 7) is 2.01. The molecule has 0 saturated heterocycles. The molecule has 0 aliphatic carbocycles. The third-order valence-corrected chi connectivity index (χ3v) is 7.01. The van der Waals surface area contributed by atoms with Crippen LogP contribution in [0.2, 0.25) is 0 Å². The van der Waals surface area contributed by atoms with Crippen LogP contribution in [0.15, 0.2) is 89.6 Å². The Morgan fingerprint density at radius 2 is 1.84 bits per heavy atom. The van der Waals surface area contributed by atoms with E-state index in [-0.39, 0.29) is 11.6 Å². The van der Waals surface area contributed by atoms with E-state index in [1.54, 1.807) is 29.5 Å². The molecule has 182 valence electrons. The van der Waals surface area contributed by atoms with Gasteiger partial charge in [0.2, 0.25) is 5.88 Å². The molecule has 6 aromatic rings. The standard InChI is InChI=1S/C28H22N6O2S/c1-17(33-26-25-27(31-15-30-26)37-16-32-25)22-13-18-7-6-10-21(19-11-12-23(36-2)29-14-19)24(18)28(35)34(22)20-8-4-3-5-9-20/h3-17H,1-2H3,(H,30,31,33)/t17-/m0/s1. The van der Waals surface area contributed by atoms with Gasteiger partial charge in [-0.2, -0.15) is 0 Å². The smallest absolute Gasteiger partial charge is 0.263 e. The molecule has 4 heterocycles. The van der Waals surface area contributed by atoms with Crippen molar-refractivity contribution in [3.63, 3.8) is 0 Å². The second kappa shape index (κ2) is 9.44. The first-order chi connectivity index (χ1) is 18.1. The SMILES string of the molecule is COc1ccc(-c2cccc3cc([C@H](C)Nc4ncnc5scnc45)n(-c4ccccc4)c(=O)c23)cn1. The molecule has 0 radical (unpaired) electrons. The molecular formula is C28H22N6O2S. The van der Waals surface area contributed by atoms with Crippen LogP contribution in [0.4, 0.5) is 5.82 Å². The minimum absolute atomic E-state index is 0.111. The zero-order valence-electron chi connectivity index (χ0n) is 20.1. The fraction of sp³-hybridized carbons (Fsp3) is 0.107. The van der Waals surface area contributed by atoms with Crippen molar-refractivity contribution in [2.45, 2.75) is 13.0 Å². The lowest BCUT2D eigenvalue weighted by Gasteiger charge is -2.22. The van der Waals surface area contributed by atoms with Gasteiger partial charge in [-0.05, 0) is 42.1 Å². The molecule has 4 aromatic heterocycles. The highest BCUT2D eigenvalue weighted by Crippen LogP contribution is 2.31. The predicted octanol–water partition coefficient (Wildman–Crippen LogP) is 5.63. The maximum absolute atomic E-state index is 14.2. The van der Waals surface area contributed by atoms with E-state index >= 15 is 0 Å². The lowest BCUT2D eigenvalue weighted by atomic mass is 9.99. The van der Waals surface area contributed by atoms with Crippen LogP contribution in [-0.4, -0.2) is 31.6 Å². The van der Waals surface area contributed by atoms with E-state index in [9.17, 15) is 4.79 Å². The van der Waals surface area contributed by atoms with Gasteiger partial charge in [0, 0.05) is 29.2 Å². The van der Waals surface area contributed by atoms with Gasteiger partial charge in [-0.25, -0.2) is 19.9 Å². The van der Waals surface area contributed by atoms with E-state index in [2.05, 4.69) is 31.3 Å². The van der Waals surface area contributed by atoms with Gasteiger partial charge < -0.3 is 10.1 Å². The summed E-state index contributed by atoms with van der Waals surface area (Å²) < 4.78 is 6.97. The molecule has 6 rings (SSSR count). The summed E-state index contributed by atoms with van der Waals surface area (Å²) in [5, 5.41) is 4.92. The summed E-state index contributed by atoms with van der Waals surface area (Å²) in [7, 11) is 1.58. The van der Waals surface area contributed by atoms with E-state index in [1.807, 2.05) is 61.5 Å². The van der Waals surface area contributed by atoms with Crippen LogP contribution in [0.1, 0.15) is 18.7 Å². The predicted molar refractivity (Wildman–Crippen MR) is 147 cm³/mol. The van der Waals surface area contributed by atoms with Crippen molar-refractivity contribution in [1.82, 2.24) is 24.5 Å².